The van der Waals surface area contributed by atoms with Crippen LogP contribution in [0.2, 0.25) is 0 Å². The maximum atomic E-state index is 12.2. The molecule has 0 saturated carbocycles. The van der Waals surface area contributed by atoms with Gasteiger partial charge in [-0.3, -0.25) is 5.01 Å². The maximum Gasteiger partial charge on any atom is 0.336 e. The fraction of sp³-hybridized carbons (Fsp3) is 0.267. The van der Waals surface area contributed by atoms with E-state index in [1.54, 1.807) is 16.3 Å². The highest BCUT2D eigenvalue weighted by Gasteiger charge is 2.17. The minimum absolute atomic E-state index is 0.162. The van der Waals surface area contributed by atoms with Crippen LogP contribution in [-0.4, -0.2) is 24.1 Å². The van der Waals surface area contributed by atoms with Crippen LogP contribution >= 0.6 is 11.3 Å². The van der Waals surface area contributed by atoms with Crippen molar-refractivity contribution in [3.8, 4) is 10.4 Å². The van der Waals surface area contributed by atoms with Gasteiger partial charge in [0.15, 0.2) is 0 Å². The molecule has 2 aromatic rings. The van der Waals surface area contributed by atoms with E-state index >= 15 is 0 Å². The smallest absolute Gasteiger partial charge is 0.336 e. The van der Waals surface area contributed by atoms with Gasteiger partial charge in [0.25, 0.3) is 0 Å². The van der Waals surface area contributed by atoms with Gasteiger partial charge >= 0.3 is 6.03 Å². The summed E-state index contributed by atoms with van der Waals surface area (Å²) in [7, 11) is 0. The van der Waals surface area contributed by atoms with Gasteiger partial charge in [-0.05, 0) is 42.0 Å². The predicted octanol–water partition coefficient (Wildman–Crippen LogP) is 3.13. The summed E-state index contributed by atoms with van der Waals surface area (Å²) in [6.45, 7) is 1.55. The number of amides is 2. The summed E-state index contributed by atoms with van der Waals surface area (Å²) in [4.78, 5) is 13.4. The van der Waals surface area contributed by atoms with Crippen molar-refractivity contribution in [1.82, 2.24) is 10.4 Å². The number of benzene rings is 1. The highest BCUT2D eigenvalue weighted by Crippen LogP contribution is 2.30. The molecule has 3 rings (SSSR count). The van der Waals surface area contributed by atoms with E-state index in [1.165, 1.54) is 0 Å². The molecule has 110 valence electrons. The number of carbonyl (C=O) groups is 1. The Balaban J connectivity index is 1.78. The highest BCUT2D eigenvalue weighted by molar-refractivity contribution is 7.13. The SMILES string of the molecule is Nc1ccc(-c2cccs2)cc1NC(=O)N1CCCCN1. The van der Waals surface area contributed by atoms with Crippen molar-refractivity contribution in [1.29, 1.82) is 0 Å². The third-order valence-electron chi connectivity index (χ3n) is 3.46. The third kappa shape index (κ3) is 3.17. The molecule has 1 saturated heterocycles. The molecule has 0 bridgehead atoms. The molecule has 5 nitrogen and oxygen atoms in total. The molecule has 0 spiro atoms. The third-order valence-corrected chi connectivity index (χ3v) is 4.38. The second kappa shape index (κ2) is 6.15. The van der Waals surface area contributed by atoms with Crippen LogP contribution in [-0.2, 0) is 0 Å². The fourth-order valence-electron chi connectivity index (χ4n) is 2.30. The lowest BCUT2D eigenvalue weighted by Gasteiger charge is -2.27. The number of hydrogen-bond acceptors (Lipinski definition) is 4. The van der Waals surface area contributed by atoms with Crippen LogP contribution in [0.5, 0.6) is 0 Å². The summed E-state index contributed by atoms with van der Waals surface area (Å²) in [5.74, 6) is 0. The number of hydrogen-bond donors (Lipinski definition) is 3. The number of nitrogens with zero attached hydrogens (tertiary/aromatic N) is 1. The second-order valence-corrected chi connectivity index (χ2v) is 5.92. The summed E-state index contributed by atoms with van der Waals surface area (Å²) >= 11 is 1.66. The molecule has 0 aliphatic carbocycles. The molecule has 1 fully saturated rings. The Morgan fingerprint density at radius 2 is 2.24 bits per heavy atom. The molecule has 1 aromatic carbocycles. The van der Waals surface area contributed by atoms with Gasteiger partial charge in [-0.25, -0.2) is 10.2 Å². The van der Waals surface area contributed by atoms with E-state index in [9.17, 15) is 4.79 Å². The van der Waals surface area contributed by atoms with Gasteiger partial charge in [0.05, 0.1) is 11.4 Å². The molecule has 6 heteroatoms. The normalized spacial score (nSPS) is 15.0. The first kappa shape index (κ1) is 13.9. The van der Waals surface area contributed by atoms with Gasteiger partial charge in [0.2, 0.25) is 0 Å². The van der Waals surface area contributed by atoms with E-state index in [0.29, 0.717) is 11.4 Å². The molecule has 0 radical (unpaired) electrons. The van der Waals surface area contributed by atoms with Crippen LogP contribution in [0.4, 0.5) is 16.2 Å². The molecule has 0 atom stereocenters. The molecule has 0 unspecified atom stereocenters. The standard InChI is InChI=1S/C15H18N4OS/c16-12-6-5-11(14-4-3-9-21-14)10-13(12)18-15(20)19-8-2-1-7-17-19/h3-6,9-10,17H,1-2,7-8,16H2,(H,18,20). The number of anilines is 2. The van der Waals surface area contributed by atoms with Gasteiger partial charge in [-0.15, -0.1) is 11.3 Å². The van der Waals surface area contributed by atoms with E-state index in [4.69, 9.17) is 5.73 Å². The summed E-state index contributed by atoms with van der Waals surface area (Å²) in [5.41, 5.74) is 11.3. The van der Waals surface area contributed by atoms with Crippen LogP contribution in [0.15, 0.2) is 35.7 Å². The Kier molecular flexibility index (Phi) is 4.08. The molecule has 1 aliphatic rings. The Labute approximate surface area is 127 Å². The quantitative estimate of drug-likeness (QED) is 0.746. The molecular formula is C15H18N4OS. The number of hydrazine groups is 1. The number of rotatable bonds is 2. The Hall–Kier alpha value is -2.05. The van der Waals surface area contributed by atoms with Crippen LogP contribution in [0.3, 0.4) is 0 Å². The van der Waals surface area contributed by atoms with Crippen molar-refractivity contribution in [2.24, 2.45) is 0 Å². The zero-order valence-electron chi connectivity index (χ0n) is 11.6. The second-order valence-electron chi connectivity index (χ2n) is 4.98. The van der Waals surface area contributed by atoms with Crippen LogP contribution in [0, 0.1) is 0 Å². The van der Waals surface area contributed by atoms with Crippen molar-refractivity contribution in [2.75, 3.05) is 24.1 Å². The molecular weight excluding hydrogens is 284 g/mol. The number of nitrogens with one attached hydrogen (secondary N) is 2. The van der Waals surface area contributed by atoms with Gasteiger partial charge in [0.1, 0.15) is 0 Å². The average molecular weight is 302 g/mol. The Morgan fingerprint density at radius 1 is 1.33 bits per heavy atom. The molecule has 2 amide bonds. The number of thiophene rings is 1. The van der Waals surface area contributed by atoms with Gasteiger partial charge in [-0.1, -0.05) is 12.1 Å². The lowest BCUT2D eigenvalue weighted by Crippen LogP contribution is -2.49. The van der Waals surface area contributed by atoms with Crippen molar-refractivity contribution in [3.05, 3.63) is 35.7 Å². The minimum Gasteiger partial charge on any atom is -0.397 e. The molecule has 21 heavy (non-hydrogen) atoms. The molecule has 1 aliphatic heterocycles. The van der Waals surface area contributed by atoms with Crippen molar-refractivity contribution in [2.45, 2.75) is 12.8 Å². The predicted molar refractivity (Wildman–Crippen MR) is 87.1 cm³/mol. The Bertz CT molecular complexity index is 621. The minimum atomic E-state index is -0.162. The summed E-state index contributed by atoms with van der Waals surface area (Å²) in [6, 6.07) is 9.61. The lowest BCUT2D eigenvalue weighted by atomic mass is 10.1. The van der Waals surface area contributed by atoms with Crippen molar-refractivity contribution in [3.63, 3.8) is 0 Å². The lowest BCUT2D eigenvalue weighted by molar-refractivity contribution is 0.166. The largest absolute Gasteiger partial charge is 0.397 e. The monoisotopic (exact) mass is 302 g/mol. The first-order valence-electron chi connectivity index (χ1n) is 6.99. The summed E-state index contributed by atoms with van der Waals surface area (Å²) < 4.78 is 0. The zero-order chi connectivity index (χ0) is 14.7. The number of carbonyl (C=O) groups excluding carboxylic acids is 1. The number of nitrogens with two attached hydrogens (primary N) is 1. The molecule has 4 N–H and O–H groups in total. The van der Waals surface area contributed by atoms with Gasteiger partial charge in [-0.2, -0.15) is 0 Å². The van der Waals surface area contributed by atoms with Crippen LogP contribution < -0.4 is 16.5 Å². The van der Waals surface area contributed by atoms with Gasteiger partial charge in [0, 0.05) is 18.0 Å². The van der Waals surface area contributed by atoms with Gasteiger partial charge < -0.3 is 11.1 Å². The molecule has 2 heterocycles. The molecule has 1 aromatic heterocycles. The average Bonchev–Trinajstić information content (AvgIpc) is 3.04. The summed E-state index contributed by atoms with van der Waals surface area (Å²) in [6.07, 6.45) is 2.12. The summed E-state index contributed by atoms with van der Waals surface area (Å²) in [5, 5.41) is 6.53. The van der Waals surface area contributed by atoms with Crippen LogP contribution in [0.1, 0.15) is 12.8 Å². The maximum absolute atomic E-state index is 12.2. The van der Waals surface area contributed by atoms with E-state index in [0.717, 1.165) is 36.4 Å². The van der Waals surface area contributed by atoms with E-state index in [1.807, 2.05) is 35.7 Å². The fourth-order valence-corrected chi connectivity index (χ4v) is 3.03. The topological polar surface area (TPSA) is 70.4 Å². The first-order valence-corrected chi connectivity index (χ1v) is 7.87. The Morgan fingerprint density at radius 3 is 2.95 bits per heavy atom. The van der Waals surface area contributed by atoms with E-state index < -0.39 is 0 Å². The van der Waals surface area contributed by atoms with Crippen molar-refractivity contribution < 1.29 is 4.79 Å². The highest BCUT2D eigenvalue weighted by atomic mass is 32.1. The van der Waals surface area contributed by atoms with E-state index in [2.05, 4.69) is 10.7 Å². The number of urea groups is 1. The zero-order valence-corrected chi connectivity index (χ0v) is 12.5. The number of nitrogen functional groups attached to an aromatic ring is 1. The first-order chi connectivity index (χ1) is 10.2. The van der Waals surface area contributed by atoms with Crippen molar-refractivity contribution >= 4 is 28.7 Å². The van der Waals surface area contributed by atoms with Crippen LogP contribution in [0.25, 0.3) is 10.4 Å². The van der Waals surface area contributed by atoms with E-state index in [-0.39, 0.29) is 6.03 Å².